The minimum atomic E-state index is -3.72. The molecule has 21 heavy (non-hydrogen) atoms. The molecule has 6 nitrogen and oxygen atoms in total. The molecule has 2 N–H and O–H groups in total. The number of benzene rings is 1. The smallest absolute Gasteiger partial charge is 0.295 e. The second-order valence-electron chi connectivity index (χ2n) is 4.39. The van der Waals surface area contributed by atoms with Crippen molar-refractivity contribution < 1.29 is 12.8 Å². The lowest BCUT2D eigenvalue weighted by molar-refractivity contribution is 0.408. The van der Waals surface area contributed by atoms with E-state index in [9.17, 15) is 8.42 Å². The number of sulfonamides is 1. The quantitative estimate of drug-likeness (QED) is 0.753. The first-order chi connectivity index (χ1) is 10.1. The molecule has 0 unspecified atom stereocenters. The highest BCUT2D eigenvalue weighted by Crippen LogP contribution is 2.24. The number of aromatic nitrogens is 1. The Kier molecular flexibility index (Phi) is 3.66. The van der Waals surface area contributed by atoms with Crippen LogP contribution in [0.5, 0.6) is 0 Å². The first-order valence-corrected chi connectivity index (χ1v) is 8.54. The fourth-order valence-corrected chi connectivity index (χ4v) is 3.61. The van der Waals surface area contributed by atoms with Crippen LogP contribution >= 0.6 is 11.3 Å². The molecule has 0 aliphatic heterocycles. The molecule has 3 aromatic rings. The predicted octanol–water partition coefficient (Wildman–Crippen LogP) is 2.41. The van der Waals surface area contributed by atoms with Gasteiger partial charge >= 0.3 is 0 Å². The van der Waals surface area contributed by atoms with Gasteiger partial charge in [0.25, 0.3) is 10.0 Å². The monoisotopic (exact) mass is 323 g/mol. The van der Waals surface area contributed by atoms with Gasteiger partial charge in [0.15, 0.2) is 0 Å². The van der Waals surface area contributed by atoms with Gasteiger partial charge in [-0.3, -0.25) is 4.72 Å². The highest BCUT2D eigenvalue weighted by Gasteiger charge is 2.19. The van der Waals surface area contributed by atoms with Crippen LogP contribution in [0, 0.1) is 0 Å². The lowest BCUT2D eigenvalue weighted by Crippen LogP contribution is -2.12. The molecule has 0 amide bonds. The highest BCUT2D eigenvalue weighted by atomic mass is 32.2. The van der Waals surface area contributed by atoms with Gasteiger partial charge in [0.2, 0.25) is 5.09 Å². The van der Waals surface area contributed by atoms with Crippen LogP contribution in [-0.4, -0.2) is 20.4 Å². The number of hydrogen-bond donors (Lipinski definition) is 2. The Hall–Kier alpha value is -1.90. The van der Waals surface area contributed by atoms with E-state index in [1.54, 1.807) is 36.8 Å². The average Bonchev–Trinajstić information content (AvgIpc) is 3.07. The van der Waals surface area contributed by atoms with Crippen molar-refractivity contribution in [2.75, 3.05) is 11.8 Å². The second-order valence-corrected chi connectivity index (χ2v) is 6.89. The van der Waals surface area contributed by atoms with Crippen LogP contribution < -0.4 is 10.0 Å². The number of nitrogens with one attached hydrogen (secondary N) is 2. The van der Waals surface area contributed by atoms with Crippen molar-refractivity contribution in [1.82, 2.24) is 10.3 Å². The predicted molar refractivity (Wildman–Crippen MR) is 81.9 cm³/mol. The molecule has 2 aromatic heterocycles. The summed E-state index contributed by atoms with van der Waals surface area (Å²) in [5, 5.41) is 2.80. The number of fused-ring (bicyclic) bond motifs is 1. The summed E-state index contributed by atoms with van der Waals surface area (Å²) < 4.78 is 33.3. The molecule has 0 atom stereocenters. The van der Waals surface area contributed by atoms with Crippen molar-refractivity contribution in [2.24, 2.45) is 0 Å². The molecule has 8 heteroatoms. The Morgan fingerprint density at radius 2 is 2.14 bits per heavy atom. The third-order valence-corrected chi connectivity index (χ3v) is 4.88. The Labute approximate surface area is 125 Å². The molecule has 0 bridgehead atoms. The molecule has 2 heterocycles. The minimum Gasteiger partial charge on any atom is -0.446 e. The van der Waals surface area contributed by atoms with E-state index in [0.717, 1.165) is 10.2 Å². The van der Waals surface area contributed by atoms with Crippen LogP contribution in [0.2, 0.25) is 0 Å². The summed E-state index contributed by atoms with van der Waals surface area (Å²) in [4.78, 5) is 4.15. The first kappa shape index (κ1) is 14.1. The zero-order chi connectivity index (χ0) is 14.9. The largest absolute Gasteiger partial charge is 0.446 e. The van der Waals surface area contributed by atoms with Gasteiger partial charge in [-0.1, -0.05) is 0 Å². The number of rotatable bonds is 5. The molecule has 0 radical (unpaired) electrons. The van der Waals surface area contributed by atoms with Gasteiger partial charge in [-0.15, -0.1) is 11.3 Å². The minimum absolute atomic E-state index is 0.0999. The number of nitrogens with zero attached hydrogens (tertiary/aromatic N) is 1. The zero-order valence-electron chi connectivity index (χ0n) is 11.2. The van der Waals surface area contributed by atoms with E-state index in [1.807, 2.05) is 0 Å². The lowest BCUT2D eigenvalue weighted by atomic mass is 10.3. The molecule has 0 saturated carbocycles. The summed E-state index contributed by atoms with van der Waals surface area (Å²) in [6, 6.07) is 8.29. The molecule has 0 spiro atoms. The normalized spacial score (nSPS) is 11.9. The van der Waals surface area contributed by atoms with Crippen molar-refractivity contribution in [3.05, 3.63) is 41.6 Å². The molecular weight excluding hydrogens is 310 g/mol. The van der Waals surface area contributed by atoms with Gasteiger partial charge in [-0.05, 0) is 37.4 Å². The number of thiazole rings is 1. The topological polar surface area (TPSA) is 84.2 Å². The maximum atomic E-state index is 12.3. The Morgan fingerprint density at radius 1 is 1.29 bits per heavy atom. The van der Waals surface area contributed by atoms with Crippen molar-refractivity contribution in [2.45, 2.75) is 11.6 Å². The van der Waals surface area contributed by atoms with Crippen molar-refractivity contribution in [3.8, 4) is 0 Å². The van der Waals surface area contributed by atoms with E-state index in [1.165, 1.54) is 17.4 Å². The number of anilines is 1. The fraction of sp³-hybridized carbons (Fsp3) is 0.154. The van der Waals surface area contributed by atoms with E-state index >= 15 is 0 Å². The SMILES string of the molecule is CNCc1ccc(S(=O)(=O)Nc2ccc3ncsc3c2)o1. The fourth-order valence-electron chi connectivity index (χ4n) is 1.90. The first-order valence-electron chi connectivity index (χ1n) is 6.18. The molecule has 0 aliphatic carbocycles. The molecule has 0 fully saturated rings. The molecule has 110 valence electrons. The van der Waals surface area contributed by atoms with Gasteiger partial charge in [0.05, 0.1) is 28.0 Å². The summed E-state index contributed by atoms with van der Waals surface area (Å²) in [6.07, 6.45) is 0. The highest BCUT2D eigenvalue weighted by molar-refractivity contribution is 7.92. The van der Waals surface area contributed by atoms with Crippen LogP contribution in [0.15, 0.2) is 45.4 Å². The van der Waals surface area contributed by atoms with Gasteiger partial charge < -0.3 is 9.73 Å². The second kappa shape index (κ2) is 5.47. The number of hydrogen-bond acceptors (Lipinski definition) is 6. The summed E-state index contributed by atoms with van der Waals surface area (Å²) in [7, 11) is -1.96. The molecule has 3 rings (SSSR count). The Morgan fingerprint density at radius 3 is 2.95 bits per heavy atom. The molecule has 1 aromatic carbocycles. The summed E-state index contributed by atoms with van der Waals surface area (Å²) in [5.41, 5.74) is 3.05. The maximum absolute atomic E-state index is 12.3. The van der Waals surface area contributed by atoms with E-state index in [4.69, 9.17) is 4.42 Å². The Balaban J connectivity index is 1.87. The Bertz CT molecular complexity index is 868. The van der Waals surface area contributed by atoms with Crippen LogP contribution in [0.1, 0.15) is 5.76 Å². The number of furan rings is 1. The van der Waals surface area contributed by atoms with Crippen molar-refractivity contribution >= 4 is 37.3 Å². The van der Waals surface area contributed by atoms with Gasteiger partial charge in [-0.2, -0.15) is 8.42 Å². The third-order valence-electron chi connectivity index (χ3n) is 2.84. The maximum Gasteiger partial charge on any atom is 0.295 e. The summed E-state index contributed by atoms with van der Waals surface area (Å²) in [5.74, 6) is 0.566. The van der Waals surface area contributed by atoms with Gasteiger partial charge in [0.1, 0.15) is 5.76 Å². The van der Waals surface area contributed by atoms with Crippen LogP contribution in [0.25, 0.3) is 10.2 Å². The summed E-state index contributed by atoms with van der Waals surface area (Å²) >= 11 is 1.46. The summed E-state index contributed by atoms with van der Waals surface area (Å²) in [6.45, 7) is 0.475. The van der Waals surface area contributed by atoms with Crippen molar-refractivity contribution in [1.29, 1.82) is 0 Å². The van der Waals surface area contributed by atoms with E-state index in [-0.39, 0.29) is 5.09 Å². The van der Waals surface area contributed by atoms with Crippen molar-refractivity contribution in [3.63, 3.8) is 0 Å². The van der Waals surface area contributed by atoms with Crippen LogP contribution in [0.3, 0.4) is 0 Å². The van der Waals surface area contributed by atoms with E-state index in [0.29, 0.717) is 18.0 Å². The third kappa shape index (κ3) is 2.92. The average molecular weight is 323 g/mol. The standard InChI is InChI=1S/C13H13N3O3S2/c1-14-7-10-3-5-13(19-10)21(17,18)16-9-2-4-11-12(6-9)20-8-15-11/h2-6,8,14,16H,7H2,1H3. The van der Waals surface area contributed by atoms with E-state index < -0.39 is 10.0 Å². The molecular formula is C13H13N3O3S2. The lowest BCUT2D eigenvalue weighted by Gasteiger charge is -2.05. The van der Waals surface area contributed by atoms with Crippen LogP contribution in [0.4, 0.5) is 5.69 Å². The van der Waals surface area contributed by atoms with Gasteiger partial charge in [0, 0.05) is 0 Å². The zero-order valence-corrected chi connectivity index (χ0v) is 12.8. The van der Waals surface area contributed by atoms with E-state index in [2.05, 4.69) is 15.0 Å². The van der Waals surface area contributed by atoms with Gasteiger partial charge in [-0.25, -0.2) is 4.98 Å². The van der Waals surface area contributed by atoms with Crippen LogP contribution in [-0.2, 0) is 16.6 Å². The molecule has 0 saturated heterocycles. The molecule has 0 aliphatic rings.